The van der Waals surface area contributed by atoms with Crippen LogP contribution in [0.1, 0.15) is 15.9 Å². The van der Waals surface area contributed by atoms with Crippen molar-refractivity contribution in [2.75, 3.05) is 38.2 Å². The van der Waals surface area contributed by atoms with Crippen molar-refractivity contribution in [2.45, 2.75) is 13.1 Å². The Morgan fingerprint density at radius 1 is 1.09 bits per heavy atom. The van der Waals surface area contributed by atoms with Crippen LogP contribution >= 0.6 is 11.6 Å². The average Bonchev–Trinajstić information content (AvgIpc) is 3.40. The predicted octanol–water partition coefficient (Wildman–Crippen LogP) is 3.52. The smallest absolute Gasteiger partial charge is 0.257 e. The molecule has 2 aromatic carbocycles. The molecule has 3 heterocycles. The van der Waals surface area contributed by atoms with Gasteiger partial charge >= 0.3 is 0 Å². The van der Waals surface area contributed by atoms with E-state index in [0.29, 0.717) is 23.1 Å². The summed E-state index contributed by atoms with van der Waals surface area (Å²) < 4.78 is 9.27. The molecule has 2 aromatic heterocycles. The Balaban J connectivity index is 1.35. The van der Waals surface area contributed by atoms with E-state index in [1.165, 1.54) is 0 Å². The third-order valence-corrected chi connectivity index (χ3v) is 5.95. The van der Waals surface area contributed by atoms with Gasteiger partial charge in [0.2, 0.25) is 5.95 Å². The van der Waals surface area contributed by atoms with E-state index < -0.39 is 0 Å². The van der Waals surface area contributed by atoms with Crippen LogP contribution in [0.5, 0.6) is 0 Å². The molecule has 4 aromatic rings. The van der Waals surface area contributed by atoms with Gasteiger partial charge in [-0.05, 0) is 29.8 Å². The second-order valence-electron chi connectivity index (χ2n) is 8.04. The molecule has 33 heavy (non-hydrogen) atoms. The summed E-state index contributed by atoms with van der Waals surface area (Å²) in [5.41, 5.74) is 3.39. The van der Waals surface area contributed by atoms with Crippen LogP contribution in [0, 0.1) is 0 Å². The van der Waals surface area contributed by atoms with Gasteiger partial charge in [0.1, 0.15) is 0 Å². The van der Waals surface area contributed by atoms with E-state index in [1.54, 1.807) is 23.1 Å². The van der Waals surface area contributed by atoms with Gasteiger partial charge in [-0.15, -0.1) is 0 Å². The van der Waals surface area contributed by atoms with E-state index >= 15 is 0 Å². The van der Waals surface area contributed by atoms with Gasteiger partial charge in [-0.3, -0.25) is 19.7 Å². The van der Waals surface area contributed by atoms with E-state index in [-0.39, 0.29) is 5.91 Å². The number of imidazole rings is 1. The minimum Gasteiger partial charge on any atom is -0.379 e. The zero-order valence-corrected chi connectivity index (χ0v) is 18.9. The molecule has 0 atom stereocenters. The number of nitrogens with one attached hydrogen (secondary N) is 1. The Labute approximate surface area is 196 Å². The van der Waals surface area contributed by atoms with E-state index in [1.807, 2.05) is 42.5 Å². The molecular formula is C24H25ClN6O2. The van der Waals surface area contributed by atoms with Gasteiger partial charge in [0.25, 0.3) is 5.91 Å². The lowest BCUT2D eigenvalue weighted by Gasteiger charge is -2.26. The number of rotatable bonds is 7. The van der Waals surface area contributed by atoms with Crippen molar-refractivity contribution in [3.63, 3.8) is 0 Å². The number of benzene rings is 2. The Morgan fingerprint density at radius 3 is 2.76 bits per heavy atom. The van der Waals surface area contributed by atoms with Crippen molar-refractivity contribution < 1.29 is 9.53 Å². The number of carbonyl (C=O) groups is 1. The number of anilines is 1. The number of hydrogen-bond acceptors (Lipinski definition) is 5. The first kappa shape index (κ1) is 21.6. The number of aromatic nitrogens is 4. The van der Waals surface area contributed by atoms with Gasteiger partial charge in [-0.1, -0.05) is 35.9 Å². The number of ether oxygens (including phenoxy) is 1. The summed E-state index contributed by atoms with van der Waals surface area (Å²) in [5, 5.41) is 7.82. The number of amides is 1. The van der Waals surface area contributed by atoms with Crippen LogP contribution in [-0.4, -0.2) is 63.0 Å². The number of morpholine rings is 1. The molecule has 1 N–H and O–H groups in total. The molecule has 1 amide bonds. The molecule has 0 radical (unpaired) electrons. The second-order valence-corrected chi connectivity index (χ2v) is 8.48. The van der Waals surface area contributed by atoms with Gasteiger partial charge in [0, 0.05) is 37.9 Å². The molecule has 1 aliphatic rings. The largest absolute Gasteiger partial charge is 0.379 e. The van der Waals surface area contributed by atoms with E-state index in [0.717, 1.165) is 56.0 Å². The first-order valence-electron chi connectivity index (χ1n) is 11.0. The summed E-state index contributed by atoms with van der Waals surface area (Å²) in [6, 6.07) is 15.4. The van der Waals surface area contributed by atoms with E-state index in [2.05, 4.69) is 19.9 Å². The predicted molar refractivity (Wildman–Crippen MR) is 128 cm³/mol. The van der Waals surface area contributed by atoms with Gasteiger partial charge in [-0.2, -0.15) is 5.10 Å². The molecular weight excluding hydrogens is 440 g/mol. The van der Waals surface area contributed by atoms with Crippen LogP contribution in [0.4, 0.5) is 5.95 Å². The number of nitrogens with zero attached hydrogens (tertiary/aromatic N) is 5. The van der Waals surface area contributed by atoms with E-state index in [9.17, 15) is 4.79 Å². The van der Waals surface area contributed by atoms with Crippen LogP contribution in [0.2, 0.25) is 5.02 Å². The lowest BCUT2D eigenvalue weighted by atomic mass is 10.1. The number of carbonyl (C=O) groups excluding carboxylic acids is 1. The highest BCUT2D eigenvalue weighted by Gasteiger charge is 2.17. The molecule has 0 aliphatic carbocycles. The monoisotopic (exact) mass is 464 g/mol. The summed E-state index contributed by atoms with van der Waals surface area (Å²) in [7, 11) is 0. The fourth-order valence-corrected chi connectivity index (χ4v) is 4.22. The highest BCUT2D eigenvalue weighted by atomic mass is 35.5. The Hall–Kier alpha value is -3.20. The van der Waals surface area contributed by atoms with Crippen LogP contribution in [0.15, 0.2) is 60.9 Å². The maximum atomic E-state index is 13.1. The topological polar surface area (TPSA) is 77.2 Å². The van der Waals surface area contributed by atoms with Crippen molar-refractivity contribution in [1.82, 2.24) is 24.2 Å². The standard InChI is InChI=1S/C24H25ClN6O2/c25-20-15-26-30(17-20)16-18-4-3-5-19(14-18)23(32)28-24-27-21-6-1-2-7-22(21)31(24)9-8-29-10-12-33-13-11-29/h1-7,14-15,17H,8-13,16H2,(H,27,28,32). The fourth-order valence-electron chi connectivity index (χ4n) is 4.06. The third kappa shape index (κ3) is 5.08. The Kier molecular flexibility index (Phi) is 6.39. The van der Waals surface area contributed by atoms with Gasteiger partial charge in [-0.25, -0.2) is 4.98 Å². The van der Waals surface area contributed by atoms with Crippen molar-refractivity contribution >= 4 is 34.5 Å². The molecule has 5 rings (SSSR count). The number of halogens is 1. The number of hydrogen-bond donors (Lipinski definition) is 1. The van der Waals surface area contributed by atoms with Crippen molar-refractivity contribution in [3.05, 3.63) is 77.1 Å². The molecule has 1 saturated heterocycles. The molecule has 0 saturated carbocycles. The summed E-state index contributed by atoms with van der Waals surface area (Å²) in [6.07, 6.45) is 3.35. The van der Waals surface area contributed by atoms with E-state index in [4.69, 9.17) is 21.3 Å². The zero-order valence-electron chi connectivity index (χ0n) is 18.2. The average molecular weight is 465 g/mol. The van der Waals surface area contributed by atoms with Gasteiger partial charge in [0.15, 0.2) is 0 Å². The summed E-state index contributed by atoms with van der Waals surface area (Å²) in [5.74, 6) is 0.358. The fraction of sp³-hybridized carbons (Fsp3) is 0.292. The van der Waals surface area contributed by atoms with Crippen LogP contribution in [0.3, 0.4) is 0 Å². The SMILES string of the molecule is O=C(Nc1nc2ccccc2n1CCN1CCOCC1)c1cccc(Cn2cc(Cl)cn2)c1. The maximum absolute atomic E-state index is 13.1. The summed E-state index contributed by atoms with van der Waals surface area (Å²) in [4.78, 5) is 20.2. The number of fused-ring (bicyclic) bond motifs is 1. The molecule has 0 spiro atoms. The zero-order chi connectivity index (χ0) is 22.6. The molecule has 1 fully saturated rings. The Morgan fingerprint density at radius 2 is 1.94 bits per heavy atom. The minimum absolute atomic E-state index is 0.196. The first-order chi connectivity index (χ1) is 16.2. The Bertz CT molecular complexity index is 1260. The molecule has 9 heteroatoms. The summed E-state index contributed by atoms with van der Waals surface area (Å²) in [6.45, 7) is 5.49. The van der Waals surface area contributed by atoms with Crippen molar-refractivity contribution in [1.29, 1.82) is 0 Å². The first-order valence-corrected chi connectivity index (χ1v) is 11.4. The summed E-state index contributed by atoms with van der Waals surface area (Å²) >= 11 is 5.96. The highest BCUT2D eigenvalue weighted by molar-refractivity contribution is 6.30. The maximum Gasteiger partial charge on any atom is 0.257 e. The highest BCUT2D eigenvalue weighted by Crippen LogP contribution is 2.21. The third-order valence-electron chi connectivity index (χ3n) is 5.76. The quantitative estimate of drug-likeness (QED) is 0.453. The van der Waals surface area contributed by atoms with Crippen molar-refractivity contribution in [2.24, 2.45) is 0 Å². The van der Waals surface area contributed by atoms with Crippen molar-refractivity contribution in [3.8, 4) is 0 Å². The molecule has 1 aliphatic heterocycles. The minimum atomic E-state index is -0.196. The number of para-hydroxylation sites is 2. The normalized spacial score (nSPS) is 14.6. The molecule has 0 unspecified atom stereocenters. The van der Waals surface area contributed by atoms with Gasteiger partial charge < -0.3 is 9.30 Å². The molecule has 170 valence electrons. The second kappa shape index (κ2) is 9.74. The molecule has 0 bridgehead atoms. The van der Waals surface area contributed by atoms with Crippen LogP contribution < -0.4 is 5.32 Å². The van der Waals surface area contributed by atoms with Gasteiger partial charge in [0.05, 0.1) is 42.0 Å². The molecule has 8 nitrogen and oxygen atoms in total. The lowest BCUT2D eigenvalue weighted by molar-refractivity contribution is 0.0366. The van der Waals surface area contributed by atoms with Crippen LogP contribution in [-0.2, 0) is 17.8 Å². The lowest BCUT2D eigenvalue weighted by Crippen LogP contribution is -2.38. The van der Waals surface area contributed by atoms with Crippen LogP contribution in [0.25, 0.3) is 11.0 Å².